The molecule has 2 rings (SSSR count). The maximum Gasteiger partial charge on any atom is 0.319 e. The van der Waals surface area contributed by atoms with Gasteiger partial charge in [0.1, 0.15) is 5.82 Å². The summed E-state index contributed by atoms with van der Waals surface area (Å²) >= 11 is 0. The van der Waals surface area contributed by atoms with Gasteiger partial charge in [-0.1, -0.05) is 31.2 Å². The van der Waals surface area contributed by atoms with E-state index in [1.807, 2.05) is 14.1 Å². The van der Waals surface area contributed by atoms with Crippen LogP contribution in [-0.2, 0) is 6.42 Å². The summed E-state index contributed by atoms with van der Waals surface area (Å²) in [5.74, 6) is -0.329. The zero-order valence-electron chi connectivity index (χ0n) is 14.3. The highest BCUT2D eigenvalue weighted by Gasteiger charge is 2.15. The van der Waals surface area contributed by atoms with Crippen molar-refractivity contribution in [2.24, 2.45) is 0 Å². The molecule has 0 spiro atoms. The van der Waals surface area contributed by atoms with Gasteiger partial charge in [0, 0.05) is 12.2 Å². The van der Waals surface area contributed by atoms with Gasteiger partial charge in [-0.05, 0) is 55.9 Å². The molecule has 0 heterocycles. The number of nitrogens with zero attached hydrogens (tertiary/aromatic N) is 1. The molecular weight excluding hydrogens is 305 g/mol. The molecule has 0 bridgehead atoms. The van der Waals surface area contributed by atoms with Crippen molar-refractivity contribution >= 4 is 11.7 Å². The predicted molar refractivity (Wildman–Crippen MR) is 95.7 cm³/mol. The lowest BCUT2D eigenvalue weighted by Gasteiger charge is -2.25. The lowest BCUT2D eigenvalue weighted by molar-refractivity contribution is 0.243. The van der Waals surface area contributed by atoms with Crippen LogP contribution in [0.15, 0.2) is 48.5 Å². The van der Waals surface area contributed by atoms with Gasteiger partial charge in [0.05, 0.1) is 6.04 Å². The maximum absolute atomic E-state index is 12.9. The molecule has 1 unspecified atom stereocenters. The lowest BCUT2D eigenvalue weighted by Crippen LogP contribution is -2.36. The van der Waals surface area contributed by atoms with Crippen molar-refractivity contribution in [2.75, 3.05) is 26.0 Å². The first kappa shape index (κ1) is 17.9. The number of carbonyl (C=O) groups excluding carboxylic acids is 1. The van der Waals surface area contributed by atoms with Crippen LogP contribution in [0.4, 0.5) is 14.9 Å². The number of rotatable bonds is 6. The summed E-state index contributed by atoms with van der Waals surface area (Å²) in [6, 6.07) is 13.9. The van der Waals surface area contributed by atoms with E-state index >= 15 is 0 Å². The van der Waals surface area contributed by atoms with E-state index in [1.54, 1.807) is 0 Å². The molecule has 0 saturated heterocycles. The molecule has 24 heavy (non-hydrogen) atoms. The number of anilines is 1. The third-order valence-corrected chi connectivity index (χ3v) is 3.95. The summed E-state index contributed by atoms with van der Waals surface area (Å²) in [5.41, 5.74) is 3.00. The summed E-state index contributed by atoms with van der Waals surface area (Å²) in [7, 11) is 3.97. The van der Waals surface area contributed by atoms with Gasteiger partial charge in [-0.2, -0.15) is 0 Å². The van der Waals surface area contributed by atoms with Crippen LogP contribution in [0.1, 0.15) is 24.1 Å². The van der Waals surface area contributed by atoms with Gasteiger partial charge >= 0.3 is 6.03 Å². The normalized spacial score (nSPS) is 12.0. The molecule has 2 aromatic rings. The summed E-state index contributed by atoms with van der Waals surface area (Å²) in [6.45, 7) is 2.60. The van der Waals surface area contributed by atoms with Crippen LogP contribution in [-0.4, -0.2) is 31.6 Å². The van der Waals surface area contributed by atoms with E-state index in [0.717, 1.165) is 12.0 Å². The topological polar surface area (TPSA) is 44.4 Å². The number of nitrogens with one attached hydrogen (secondary N) is 2. The molecule has 1 atom stereocenters. The van der Waals surface area contributed by atoms with Crippen LogP contribution in [0.25, 0.3) is 0 Å². The van der Waals surface area contributed by atoms with E-state index in [0.29, 0.717) is 12.2 Å². The highest BCUT2D eigenvalue weighted by atomic mass is 19.1. The van der Waals surface area contributed by atoms with Gasteiger partial charge in [0.25, 0.3) is 0 Å². The Morgan fingerprint density at radius 3 is 2.25 bits per heavy atom. The first-order chi connectivity index (χ1) is 11.5. The van der Waals surface area contributed by atoms with Crippen molar-refractivity contribution in [2.45, 2.75) is 19.4 Å². The van der Waals surface area contributed by atoms with Crippen molar-refractivity contribution in [3.63, 3.8) is 0 Å². The molecule has 0 aliphatic rings. The fourth-order valence-electron chi connectivity index (χ4n) is 2.47. The molecule has 0 saturated carbocycles. The van der Waals surface area contributed by atoms with Crippen LogP contribution in [0, 0.1) is 5.82 Å². The third kappa shape index (κ3) is 5.06. The average molecular weight is 329 g/mol. The number of hydrogen-bond acceptors (Lipinski definition) is 2. The Kier molecular flexibility index (Phi) is 6.32. The van der Waals surface area contributed by atoms with Gasteiger partial charge in [-0.15, -0.1) is 0 Å². The van der Waals surface area contributed by atoms with E-state index in [2.05, 4.69) is 46.7 Å². The number of likely N-dealkylation sites (N-methyl/N-ethyl adjacent to an activating group) is 1. The number of urea groups is 1. The van der Waals surface area contributed by atoms with Gasteiger partial charge in [-0.3, -0.25) is 0 Å². The van der Waals surface area contributed by atoms with E-state index in [-0.39, 0.29) is 17.9 Å². The third-order valence-electron chi connectivity index (χ3n) is 3.95. The second kappa shape index (κ2) is 8.45. The van der Waals surface area contributed by atoms with Gasteiger partial charge in [-0.25, -0.2) is 9.18 Å². The SMILES string of the molecule is CCc1ccc(C(CNC(=O)Nc2ccc(F)cc2)N(C)C)cc1. The Balaban J connectivity index is 1.95. The van der Waals surface area contributed by atoms with Crippen LogP contribution in [0.3, 0.4) is 0 Å². The van der Waals surface area contributed by atoms with E-state index in [4.69, 9.17) is 0 Å². The standard InChI is InChI=1S/C19H24FN3O/c1-4-14-5-7-15(8-6-14)18(23(2)3)13-21-19(24)22-17-11-9-16(20)10-12-17/h5-12,18H,4,13H2,1-3H3,(H2,21,22,24). The number of benzene rings is 2. The Morgan fingerprint density at radius 1 is 1.08 bits per heavy atom. The van der Waals surface area contributed by atoms with E-state index < -0.39 is 0 Å². The molecule has 0 aromatic heterocycles. The Morgan fingerprint density at radius 2 is 1.71 bits per heavy atom. The fraction of sp³-hybridized carbons (Fsp3) is 0.316. The molecule has 5 heteroatoms. The molecule has 0 radical (unpaired) electrons. The van der Waals surface area contributed by atoms with Crippen LogP contribution >= 0.6 is 0 Å². The number of carbonyl (C=O) groups is 1. The monoisotopic (exact) mass is 329 g/mol. The zero-order valence-corrected chi connectivity index (χ0v) is 14.3. The fourth-order valence-corrected chi connectivity index (χ4v) is 2.47. The average Bonchev–Trinajstić information content (AvgIpc) is 2.57. The number of hydrogen-bond donors (Lipinski definition) is 2. The summed E-state index contributed by atoms with van der Waals surface area (Å²) in [4.78, 5) is 14.1. The Bertz CT molecular complexity index is 653. The van der Waals surface area contributed by atoms with Gasteiger partial charge < -0.3 is 15.5 Å². The first-order valence-electron chi connectivity index (χ1n) is 8.05. The molecule has 0 fully saturated rings. The molecular formula is C19H24FN3O. The van der Waals surface area contributed by atoms with Crippen molar-refractivity contribution in [1.82, 2.24) is 10.2 Å². The van der Waals surface area contributed by atoms with Crippen molar-refractivity contribution in [3.8, 4) is 0 Å². The predicted octanol–water partition coefficient (Wildman–Crippen LogP) is 3.81. The number of halogens is 1. The smallest absolute Gasteiger partial charge is 0.319 e. The molecule has 2 amide bonds. The molecule has 2 N–H and O–H groups in total. The van der Waals surface area contributed by atoms with E-state index in [9.17, 15) is 9.18 Å². The van der Waals surface area contributed by atoms with Crippen LogP contribution < -0.4 is 10.6 Å². The Hall–Kier alpha value is -2.40. The molecule has 4 nitrogen and oxygen atoms in total. The van der Waals surface area contributed by atoms with E-state index in [1.165, 1.54) is 29.8 Å². The molecule has 128 valence electrons. The molecule has 2 aromatic carbocycles. The zero-order chi connectivity index (χ0) is 17.5. The highest BCUT2D eigenvalue weighted by Crippen LogP contribution is 2.18. The molecule has 0 aliphatic heterocycles. The van der Waals surface area contributed by atoms with Gasteiger partial charge in [0.2, 0.25) is 0 Å². The quantitative estimate of drug-likeness (QED) is 0.846. The van der Waals surface area contributed by atoms with Gasteiger partial charge in [0.15, 0.2) is 0 Å². The summed E-state index contributed by atoms with van der Waals surface area (Å²) in [6.07, 6.45) is 1.01. The van der Waals surface area contributed by atoms with Crippen molar-refractivity contribution < 1.29 is 9.18 Å². The lowest BCUT2D eigenvalue weighted by atomic mass is 10.0. The number of aryl methyl sites for hydroxylation is 1. The minimum absolute atomic E-state index is 0.0786. The summed E-state index contributed by atoms with van der Waals surface area (Å²) < 4.78 is 12.9. The molecule has 0 aliphatic carbocycles. The first-order valence-corrected chi connectivity index (χ1v) is 8.05. The summed E-state index contributed by atoms with van der Waals surface area (Å²) in [5, 5.41) is 5.57. The maximum atomic E-state index is 12.9. The largest absolute Gasteiger partial charge is 0.336 e. The minimum Gasteiger partial charge on any atom is -0.336 e. The minimum atomic E-state index is -0.329. The number of amides is 2. The second-order valence-electron chi connectivity index (χ2n) is 5.92. The highest BCUT2D eigenvalue weighted by molar-refractivity contribution is 5.89. The second-order valence-corrected chi connectivity index (χ2v) is 5.92. The van der Waals surface area contributed by atoms with Crippen LogP contribution in [0.5, 0.6) is 0 Å². The van der Waals surface area contributed by atoms with Crippen LogP contribution in [0.2, 0.25) is 0 Å². The van der Waals surface area contributed by atoms with Crippen molar-refractivity contribution in [1.29, 1.82) is 0 Å². The van der Waals surface area contributed by atoms with Crippen molar-refractivity contribution in [3.05, 3.63) is 65.5 Å². The Labute approximate surface area is 142 Å².